The molecule has 2 fully saturated rings. The van der Waals surface area contributed by atoms with Gasteiger partial charge in [-0.05, 0) is 19.9 Å². The highest BCUT2D eigenvalue weighted by molar-refractivity contribution is 4.82. The molecule has 0 aliphatic carbocycles. The Hall–Kier alpha value is -0.120. The summed E-state index contributed by atoms with van der Waals surface area (Å²) in [7, 11) is 2.23. The van der Waals surface area contributed by atoms with Gasteiger partial charge in [0.25, 0.3) is 0 Å². The minimum atomic E-state index is 0.738. The molecule has 2 saturated heterocycles. The van der Waals surface area contributed by atoms with Gasteiger partial charge >= 0.3 is 0 Å². The Kier molecular flexibility index (Phi) is 2.86. The average Bonchev–Trinajstić information content (AvgIpc) is 2.04. The van der Waals surface area contributed by atoms with Gasteiger partial charge in [0.15, 0.2) is 0 Å². The fourth-order valence-corrected chi connectivity index (χ4v) is 2.13. The van der Waals surface area contributed by atoms with Crippen molar-refractivity contribution in [3.8, 4) is 0 Å². The normalized spacial score (nSPS) is 33.2. The van der Waals surface area contributed by atoms with Crippen LogP contribution in [0.25, 0.3) is 0 Å². The number of rotatable bonds is 2. The number of hydrogen-bond acceptors (Lipinski definition) is 3. The highest BCUT2D eigenvalue weighted by Gasteiger charge is 2.25. The molecule has 3 heteroatoms. The Bertz CT molecular complexity index is 166. The molecular formula is C10H21N3. The monoisotopic (exact) mass is 183 g/mol. The summed E-state index contributed by atoms with van der Waals surface area (Å²) in [6, 6.07) is 0.738. The van der Waals surface area contributed by atoms with Crippen molar-refractivity contribution in [1.29, 1.82) is 0 Å². The van der Waals surface area contributed by atoms with Crippen molar-refractivity contribution in [1.82, 2.24) is 15.1 Å². The summed E-state index contributed by atoms with van der Waals surface area (Å²) >= 11 is 0. The lowest BCUT2D eigenvalue weighted by Gasteiger charge is -2.41. The van der Waals surface area contributed by atoms with Crippen molar-refractivity contribution in [2.75, 3.05) is 46.3 Å². The van der Waals surface area contributed by atoms with Gasteiger partial charge < -0.3 is 15.1 Å². The van der Waals surface area contributed by atoms with Crippen molar-refractivity contribution >= 4 is 0 Å². The zero-order valence-electron chi connectivity index (χ0n) is 8.79. The zero-order chi connectivity index (χ0) is 9.26. The van der Waals surface area contributed by atoms with E-state index in [1.165, 1.54) is 39.3 Å². The molecule has 76 valence electrons. The van der Waals surface area contributed by atoms with Crippen molar-refractivity contribution in [2.24, 2.45) is 5.92 Å². The van der Waals surface area contributed by atoms with Gasteiger partial charge in [0.05, 0.1) is 0 Å². The molecule has 0 bridgehead atoms. The van der Waals surface area contributed by atoms with Crippen molar-refractivity contribution in [3.63, 3.8) is 0 Å². The van der Waals surface area contributed by atoms with Crippen LogP contribution in [0, 0.1) is 5.92 Å². The van der Waals surface area contributed by atoms with Crippen LogP contribution in [0.3, 0.4) is 0 Å². The Labute approximate surface area is 81.1 Å². The molecule has 0 saturated carbocycles. The molecule has 2 aliphatic rings. The summed E-state index contributed by atoms with van der Waals surface area (Å²) in [6.07, 6.45) is 0. The van der Waals surface area contributed by atoms with Gasteiger partial charge in [-0.15, -0.1) is 0 Å². The fraction of sp³-hybridized carbons (Fsp3) is 1.00. The molecule has 0 radical (unpaired) electrons. The number of likely N-dealkylation sites (N-methyl/N-ethyl adjacent to an activating group) is 1. The summed E-state index contributed by atoms with van der Waals surface area (Å²) in [5, 5.41) is 3.33. The molecule has 0 aromatic rings. The topological polar surface area (TPSA) is 18.5 Å². The number of nitrogens with one attached hydrogen (secondary N) is 1. The second-order valence-electron chi connectivity index (χ2n) is 4.61. The van der Waals surface area contributed by atoms with Crippen LogP contribution in [0.1, 0.15) is 6.92 Å². The molecule has 2 aliphatic heterocycles. The summed E-state index contributed by atoms with van der Waals surface area (Å²) < 4.78 is 0. The smallest absolute Gasteiger partial charge is 0.0192 e. The predicted molar refractivity (Wildman–Crippen MR) is 54.9 cm³/mol. The van der Waals surface area contributed by atoms with E-state index in [1.54, 1.807) is 0 Å². The molecule has 1 unspecified atom stereocenters. The Morgan fingerprint density at radius 2 is 2.08 bits per heavy atom. The molecule has 0 amide bonds. The van der Waals surface area contributed by atoms with Crippen LogP contribution < -0.4 is 5.32 Å². The quantitative estimate of drug-likeness (QED) is 0.642. The highest BCUT2D eigenvalue weighted by Crippen LogP contribution is 2.11. The van der Waals surface area contributed by atoms with Gasteiger partial charge in [-0.1, -0.05) is 0 Å². The van der Waals surface area contributed by atoms with Crippen LogP contribution in [-0.4, -0.2) is 62.2 Å². The van der Waals surface area contributed by atoms with Crippen LogP contribution in [-0.2, 0) is 0 Å². The number of piperazine rings is 1. The lowest BCUT2D eigenvalue weighted by molar-refractivity contribution is 0.0835. The molecule has 2 heterocycles. The number of nitrogens with zero attached hydrogens (tertiary/aromatic N) is 2. The van der Waals surface area contributed by atoms with Crippen LogP contribution >= 0.6 is 0 Å². The largest absolute Gasteiger partial charge is 0.316 e. The van der Waals surface area contributed by atoms with Crippen LogP contribution in [0.4, 0.5) is 0 Å². The maximum absolute atomic E-state index is 3.33. The van der Waals surface area contributed by atoms with Gasteiger partial charge in [0.2, 0.25) is 0 Å². The molecule has 0 aromatic heterocycles. The van der Waals surface area contributed by atoms with E-state index in [0.29, 0.717) is 0 Å². The van der Waals surface area contributed by atoms with E-state index < -0.39 is 0 Å². The van der Waals surface area contributed by atoms with E-state index in [4.69, 9.17) is 0 Å². The molecule has 13 heavy (non-hydrogen) atoms. The molecular weight excluding hydrogens is 162 g/mol. The first kappa shape index (κ1) is 9.44. The lowest BCUT2D eigenvalue weighted by Crippen LogP contribution is -2.55. The second kappa shape index (κ2) is 3.95. The molecule has 1 atom stereocenters. The first-order chi connectivity index (χ1) is 6.25. The van der Waals surface area contributed by atoms with Gasteiger partial charge in [-0.3, -0.25) is 0 Å². The third-order valence-electron chi connectivity index (χ3n) is 3.43. The van der Waals surface area contributed by atoms with Crippen LogP contribution in [0.2, 0.25) is 0 Å². The zero-order valence-corrected chi connectivity index (χ0v) is 8.79. The molecule has 2 rings (SSSR count). The lowest BCUT2D eigenvalue weighted by atomic mass is 10.0. The molecule has 0 spiro atoms. The Morgan fingerprint density at radius 3 is 2.62 bits per heavy atom. The van der Waals surface area contributed by atoms with Crippen LogP contribution in [0.15, 0.2) is 0 Å². The Morgan fingerprint density at radius 1 is 1.31 bits per heavy atom. The van der Waals surface area contributed by atoms with E-state index in [-0.39, 0.29) is 0 Å². The third-order valence-corrected chi connectivity index (χ3v) is 3.43. The minimum absolute atomic E-state index is 0.738. The predicted octanol–water partition coefficient (Wildman–Crippen LogP) is -0.158. The van der Waals surface area contributed by atoms with Crippen molar-refractivity contribution in [3.05, 3.63) is 0 Å². The van der Waals surface area contributed by atoms with E-state index in [0.717, 1.165) is 12.0 Å². The number of hydrogen-bond donors (Lipinski definition) is 1. The molecule has 3 nitrogen and oxygen atoms in total. The maximum atomic E-state index is 3.33. The fourth-order valence-electron chi connectivity index (χ4n) is 2.13. The van der Waals surface area contributed by atoms with Gasteiger partial charge in [-0.25, -0.2) is 0 Å². The Balaban J connectivity index is 1.74. The van der Waals surface area contributed by atoms with Crippen molar-refractivity contribution in [2.45, 2.75) is 13.0 Å². The van der Waals surface area contributed by atoms with Gasteiger partial charge in [0.1, 0.15) is 0 Å². The van der Waals surface area contributed by atoms with E-state index >= 15 is 0 Å². The third kappa shape index (κ3) is 2.22. The molecule has 1 N–H and O–H groups in total. The maximum Gasteiger partial charge on any atom is 0.0192 e. The second-order valence-corrected chi connectivity index (χ2v) is 4.61. The van der Waals surface area contributed by atoms with E-state index in [9.17, 15) is 0 Å². The average molecular weight is 183 g/mol. The van der Waals surface area contributed by atoms with Crippen LogP contribution in [0.5, 0.6) is 0 Å². The molecule has 0 aromatic carbocycles. The first-order valence-corrected chi connectivity index (χ1v) is 5.39. The summed E-state index contributed by atoms with van der Waals surface area (Å²) in [5.41, 5.74) is 0. The minimum Gasteiger partial charge on any atom is -0.316 e. The van der Waals surface area contributed by atoms with E-state index in [2.05, 4.69) is 29.1 Å². The van der Waals surface area contributed by atoms with E-state index in [1.807, 2.05) is 0 Å². The van der Waals surface area contributed by atoms with Crippen molar-refractivity contribution < 1.29 is 0 Å². The SMILES string of the molecule is CC1CN(CC2CNC2)CCN1C. The highest BCUT2D eigenvalue weighted by atomic mass is 15.3. The summed E-state index contributed by atoms with van der Waals surface area (Å²) in [4.78, 5) is 5.08. The summed E-state index contributed by atoms with van der Waals surface area (Å²) in [6.45, 7) is 9.86. The van der Waals surface area contributed by atoms with Gasteiger partial charge in [0, 0.05) is 45.3 Å². The summed E-state index contributed by atoms with van der Waals surface area (Å²) in [5.74, 6) is 0.926. The van der Waals surface area contributed by atoms with Gasteiger partial charge in [-0.2, -0.15) is 0 Å². The standard InChI is InChI=1S/C10H21N3/c1-9-7-13(4-3-12(9)2)8-10-5-11-6-10/h9-11H,3-8H2,1-2H3. The first-order valence-electron chi connectivity index (χ1n) is 5.39.